The number of rotatable bonds is 3. The van der Waals surface area contributed by atoms with Gasteiger partial charge in [-0.15, -0.1) is 0 Å². The highest BCUT2D eigenvalue weighted by Crippen LogP contribution is 2.16. The predicted molar refractivity (Wildman–Crippen MR) is 77.5 cm³/mol. The highest BCUT2D eigenvalue weighted by molar-refractivity contribution is 5.93. The lowest BCUT2D eigenvalue weighted by atomic mass is 10.1. The Morgan fingerprint density at radius 1 is 1.35 bits per heavy atom. The molecule has 1 fully saturated rings. The zero-order chi connectivity index (χ0) is 14.5. The Labute approximate surface area is 118 Å². The molecular formula is C14H20N4O2. The number of anilines is 1. The van der Waals surface area contributed by atoms with Crippen molar-refractivity contribution in [2.75, 3.05) is 32.0 Å². The van der Waals surface area contributed by atoms with Crippen molar-refractivity contribution >= 4 is 17.6 Å². The van der Waals surface area contributed by atoms with Crippen LogP contribution in [-0.2, 0) is 4.79 Å². The molecule has 1 unspecified atom stereocenters. The Kier molecular flexibility index (Phi) is 4.57. The van der Waals surface area contributed by atoms with Crippen molar-refractivity contribution in [3.8, 4) is 0 Å². The summed E-state index contributed by atoms with van der Waals surface area (Å²) in [7, 11) is 1.90. The summed E-state index contributed by atoms with van der Waals surface area (Å²) in [6.45, 7) is 3.22. The summed E-state index contributed by atoms with van der Waals surface area (Å²) >= 11 is 0. The number of nitrogens with zero attached hydrogens (tertiary/aromatic N) is 1. The average molecular weight is 276 g/mol. The molecule has 6 nitrogen and oxygen atoms in total. The lowest BCUT2D eigenvalue weighted by molar-refractivity contribution is -0.123. The number of carbonyl (C=O) groups excluding carboxylic acids is 2. The normalized spacial score (nSPS) is 16.5. The number of hydrogen-bond donors (Lipinski definition) is 3. The molecule has 1 aliphatic rings. The van der Waals surface area contributed by atoms with Crippen molar-refractivity contribution in [1.29, 1.82) is 0 Å². The van der Waals surface area contributed by atoms with Gasteiger partial charge in [-0.2, -0.15) is 0 Å². The SMILES string of the molecule is CNC(C)c1ccc(NC(=O)N2CCNC(=O)C2)cc1. The van der Waals surface area contributed by atoms with Crippen LogP contribution in [0, 0.1) is 0 Å². The number of piperazine rings is 1. The Balaban J connectivity index is 1.95. The van der Waals surface area contributed by atoms with E-state index in [9.17, 15) is 9.59 Å². The summed E-state index contributed by atoms with van der Waals surface area (Å²) in [6.07, 6.45) is 0. The fourth-order valence-electron chi connectivity index (χ4n) is 2.04. The van der Waals surface area contributed by atoms with Gasteiger partial charge in [0.1, 0.15) is 6.54 Å². The maximum absolute atomic E-state index is 12.0. The van der Waals surface area contributed by atoms with Crippen LogP contribution in [0.2, 0.25) is 0 Å². The van der Waals surface area contributed by atoms with Gasteiger partial charge >= 0.3 is 6.03 Å². The minimum absolute atomic E-state index is 0.112. The van der Waals surface area contributed by atoms with Crippen LogP contribution in [0.5, 0.6) is 0 Å². The molecule has 1 aliphatic heterocycles. The molecule has 0 spiro atoms. The Morgan fingerprint density at radius 2 is 2.05 bits per heavy atom. The summed E-state index contributed by atoms with van der Waals surface area (Å²) in [5.74, 6) is -0.121. The van der Waals surface area contributed by atoms with Crippen molar-refractivity contribution < 1.29 is 9.59 Å². The number of benzene rings is 1. The summed E-state index contributed by atoms with van der Waals surface area (Å²) in [6, 6.07) is 7.70. The van der Waals surface area contributed by atoms with Crippen LogP contribution in [0.25, 0.3) is 0 Å². The molecule has 0 aromatic heterocycles. The largest absolute Gasteiger partial charge is 0.353 e. The van der Waals surface area contributed by atoms with Crippen LogP contribution in [0.15, 0.2) is 24.3 Å². The topological polar surface area (TPSA) is 73.5 Å². The zero-order valence-electron chi connectivity index (χ0n) is 11.8. The molecule has 1 aromatic carbocycles. The molecule has 1 aromatic rings. The van der Waals surface area contributed by atoms with Crippen molar-refractivity contribution in [1.82, 2.24) is 15.5 Å². The number of urea groups is 1. The van der Waals surface area contributed by atoms with Crippen LogP contribution in [0.4, 0.5) is 10.5 Å². The number of nitrogens with one attached hydrogen (secondary N) is 3. The van der Waals surface area contributed by atoms with Crippen molar-refractivity contribution in [2.24, 2.45) is 0 Å². The quantitative estimate of drug-likeness (QED) is 0.769. The molecule has 108 valence electrons. The zero-order valence-corrected chi connectivity index (χ0v) is 11.8. The lowest BCUT2D eigenvalue weighted by Crippen LogP contribution is -2.51. The first kappa shape index (κ1) is 14.3. The molecule has 3 amide bonds. The van der Waals surface area contributed by atoms with E-state index >= 15 is 0 Å². The molecule has 1 atom stereocenters. The minimum atomic E-state index is -0.241. The van der Waals surface area contributed by atoms with Gasteiger partial charge in [-0.1, -0.05) is 12.1 Å². The third kappa shape index (κ3) is 3.48. The molecule has 1 saturated heterocycles. The molecule has 0 radical (unpaired) electrons. The summed E-state index contributed by atoms with van der Waals surface area (Å²) in [5.41, 5.74) is 1.89. The Morgan fingerprint density at radius 3 is 2.65 bits per heavy atom. The first-order valence-electron chi connectivity index (χ1n) is 6.70. The Hall–Kier alpha value is -2.08. The first-order valence-corrected chi connectivity index (χ1v) is 6.70. The van der Waals surface area contributed by atoms with Gasteiger partial charge in [0.15, 0.2) is 0 Å². The molecule has 0 bridgehead atoms. The van der Waals surface area contributed by atoms with Gasteiger partial charge in [0.2, 0.25) is 5.91 Å². The summed E-state index contributed by atoms with van der Waals surface area (Å²) in [4.78, 5) is 24.8. The van der Waals surface area contributed by atoms with Crippen LogP contribution in [0.3, 0.4) is 0 Å². The lowest BCUT2D eigenvalue weighted by Gasteiger charge is -2.26. The molecule has 0 aliphatic carbocycles. The average Bonchev–Trinajstić information content (AvgIpc) is 2.47. The van der Waals surface area contributed by atoms with E-state index in [1.807, 2.05) is 31.3 Å². The van der Waals surface area contributed by atoms with E-state index in [1.165, 1.54) is 4.90 Å². The molecular weight excluding hydrogens is 256 g/mol. The Bertz CT molecular complexity index is 486. The van der Waals surface area contributed by atoms with Crippen LogP contribution < -0.4 is 16.0 Å². The monoisotopic (exact) mass is 276 g/mol. The van der Waals surface area contributed by atoms with Crippen molar-refractivity contribution in [3.05, 3.63) is 29.8 Å². The van der Waals surface area contributed by atoms with Gasteiger partial charge in [0, 0.05) is 24.8 Å². The van der Waals surface area contributed by atoms with Crippen molar-refractivity contribution in [3.63, 3.8) is 0 Å². The standard InChI is InChI=1S/C14H20N4O2/c1-10(15-2)11-3-5-12(6-4-11)17-14(20)18-8-7-16-13(19)9-18/h3-6,10,15H,7-9H2,1-2H3,(H,16,19)(H,17,20). The van der Waals surface area contributed by atoms with E-state index in [0.717, 1.165) is 11.3 Å². The molecule has 2 rings (SSSR count). The van der Waals surface area contributed by atoms with Gasteiger partial charge in [0.25, 0.3) is 0 Å². The smallest absolute Gasteiger partial charge is 0.322 e. The second-order valence-corrected chi connectivity index (χ2v) is 4.83. The van der Waals surface area contributed by atoms with E-state index in [0.29, 0.717) is 13.1 Å². The molecule has 3 N–H and O–H groups in total. The number of amides is 3. The predicted octanol–water partition coefficient (Wildman–Crippen LogP) is 0.931. The first-order chi connectivity index (χ1) is 9.60. The van der Waals surface area contributed by atoms with Crippen LogP contribution in [0.1, 0.15) is 18.5 Å². The second-order valence-electron chi connectivity index (χ2n) is 4.83. The van der Waals surface area contributed by atoms with Crippen LogP contribution >= 0.6 is 0 Å². The van der Waals surface area contributed by atoms with Gasteiger partial charge in [0.05, 0.1) is 0 Å². The van der Waals surface area contributed by atoms with E-state index in [1.54, 1.807) is 0 Å². The fraction of sp³-hybridized carbons (Fsp3) is 0.429. The molecule has 0 saturated carbocycles. The van der Waals surface area contributed by atoms with E-state index in [2.05, 4.69) is 22.9 Å². The van der Waals surface area contributed by atoms with Gasteiger partial charge in [-0.3, -0.25) is 4.79 Å². The molecule has 20 heavy (non-hydrogen) atoms. The van der Waals surface area contributed by atoms with E-state index in [4.69, 9.17) is 0 Å². The van der Waals surface area contributed by atoms with Crippen molar-refractivity contribution in [2.45, 2.75) is 13.0 Å². The van der Waals surface area contributed by atoms with Gasteiger partial charge < -0.3 is 20.9 Å². The van der Waals surface area contributed by atoms with E-state index in [-0.39, 0.29) is 24.5 Å². The summed E-state index contributed by atoms with van der Waals surface area (Å²) < 4.78 is 0. The van der Waals surface area contributed by atoms with Gasteiger partial charge in [-0.05, 0) is 31.7 Å². The number of carbonyl (C=O) groups is 2. The maximum atomic E-state index is 12.0. The third-order valence-electron chi connectivity index (χ3n) is 3.42. The third-order valence-corrected chi connectivity index (χ3v) is 3.42. The van der Waals surface area contributed by atoms with Crippen LogP contribution in [-0.4, -0.2) is 43.5 Å². The fourth-order valence-corrected chi connectivity index (χ4v) is 2.04. The highest BCUT2D eigenvalue weighted by Gasteiger charge is 2.20. The molecule has 1 heterocycles. The summed E-state index contributed by atoms with van der Waals surface area (Å²) in [5, 5.41) is 8.65. The highest BCUT2D eigenvalue weighted by atomic mass is 16.2. The second kappa shape index (κ2) is 6.38. The number of hydrogen-bond acceptors (Lipinski definition) is 3. The van der Waals surface area contributed by atoms with Gasteiger partial charge in [-0.25, -0.2) is 4.79 Å². The van der Waals surface area contributed by atoms with E-state index < -0.39 is 0 Å². The maximum Gasteiger partial charge on any atom is 0.322 e. The minimum Gasteiger partial charge on any atom is -0.353 e. The molecule has 6 heteroatoms.